The third-order valence-electron chi connectivity index (χ3n) is 5.11. The lowest BCUT2D eigenvalue weighted by Crippen LogP contribution is -2.53. The number of pyridine rings is 1. The molecule has 27 heavy (non-hydrogen) atoms. The fourth-order valence-electron chi connectivity index (χ4n) is 3.28. The number of likely N-dealkylation sites (N-methyl/N-ethyl adjacent to an activating group) is 1. The second kappa shape index (κ2) is 7.25. The summed E-state index contributed by atoms with van der Waals surface area (Å²) in [4.78, 5) is 26.6. The lowest BCUT2D eigenvalue weighted by atomic mass is 10.1. The number of hydrogen-bond donors (Lipinski definition) is 1. The van der Waals surface area contributed by atoms with E-state index in [1.54, 1.807) is 17.5 Å². The summed E-state index contributed by atoms with van der Waals surface area (Å²) in [6.45, 7) is 6.49. The number of piperazine rings is 1. The number of anilines is 1. The van der Waals surface area contributed by atoms with Crippen LogP contribution in [0.4, 0.5) is 10.6 Å². The number of rotatable bonds is 2. The highest BCUT2D eigenvalue weighted by molar-refractivity contribution is 7.15. The molecule has 6 nitrogen and oxygen atoms in total. The summed E-state index contributed by atoms with van der Waals surface area (Å²) in [7, 11) is 2.09. The third kappa shape index (κ3) is 3.79. The maximum absolute atomic E-state index is 12.6. The molecule has 0 radical (unpaired) electrons. The van der Waals surface area contributed by atoms with E-state index in [-0.39, 0.29) is 6.03 Å². The Morgan fingerprint density at radius 2 is 2.04 bits per heavy atom. The number of aryl methyl sites for hydroxylation is 1. The summed E-state index contributed by atoms with van der Waals surface area (Å²) in [5, 5.41) is 6.10. The first kappa shape index (κ1) is 17.9. The van der Waals surface area contributed by atoms with E-state index >= 15 is 0 Å². The van der Waals surface area contributed by atoms with Gasteiger partial charge in [-0.3, -0.25) is 5.32 Å². The number of aromatic nitrogens is 2. The summed E-state index contributed by atoms with van der Waals surface area (Å²) in [6.07, 6.45) is 3.71. The number of thiazole rings is 1. The molecule has 1 aromatic carbocycles. The number of carbonyl (C=O) groups is 1. The molecule has 3 aromatic rings. The molecule has 1 aliphatic heterocycles. The van der Waals surface area contributed by atoms with Crippen LogP contribution in [0.3, 0.4) is 0 Å². The number of nitrogens with one attached hydrogen (secondary N) is 1. The van der Waals surface area contributed by atoms with Gasteiger partial charge in [-0.1, -0.05) is 12.1 Å². The normalized spacial score (nSPS) is 18.0. The summed E-state index contributed by atoms with van der Waals surface area (Å²) < 4.78 is 0. The van der Waals surface area contributed by atoms with E-state index < -0.39 is 0 Å². The van der Waals surface area contributed by atoms with Gasteiger partial charge in [-0.25, -0.2) is 14.8 Å². The van der Waals surface area contributed by atoms with Crippen LogP contribution < -0.4 is 5.32 Å². The van der Waals surface area contributed by atoms with Crippen molar-refractivity contribution in [2.75, 3.05) is 32.0 Å². The van der Waals surface area contributed by atoms with E-state index in [1.165, 1.54) is 0 Å². The van der Waals surface area contributed by atoms with Crippen LogP contribution >= 0.6 is 11.3 Å². The van der Waals surface area contributed by atoms with Crippen LogP contribution in [-0.4, -0.2) is 58.5 Å². The highest BCUT2D eigenvalue weighted by Crippen LogP contribution is 2.29. The molecule has 0 bridgehead atoms. The van der Waals surface area contributed by atoms with Crippen molar-refractivity contribution < 1.29 is 4.79 Å². The SMILES string of the molecule is Cc1ncc(-c2ccc3cnc(NC(=O)N4CCN(C)[C@H](C)C4)cc3c2)s1. The number of carbonyl (C=O) groups excluding carboxylic acids is 1. The lowest BCUT2D eigenvalue weighted by Gasteiger charge is -2.37. The van der Waals surface area contributed by atoms with Gasteiger partial charge < -0.3 is 9.80 Å². The van der Waals surface area contributed by atoms with Crippen LogP contribution in [0.5, 0.6) is 0 Å². The molecule has 1 atom stereocenters. The second-order valence-electron chi connectivity index (χ2n) is 7.08. The van der Waals surface area contributed by atoms with Crippen LogP contribution in [0, 0.1) is 6.92 Å². The molecular weight excluding hydrogens is 358 g/mol. The number of amides is 2. The summed E-state index contributed by atoms with van der Waals surface area (Å²) in [6, 6.07) is 8.47. The average Bonchev–Trinajstić information content (AvgIpc) is 3.09. The maximum atomic E-state index is 12.6. The Bertz CT molecular complexity index is 985. The number of urea groups is 1. The smallest absolute Gasteiger partial charge is 0.322 e. The zero-order valence-corrected chi connectivity index (χ0v) is 16.6. The van der Waals surface area contributed by atoms with Crippen molar-refractivity contribution in [2.24, 2.45) is 0 Å². The first-order valence-corrected chi connectivity index (χ1v) is 9.90. The standard InChI is InChI=1S/C20H23N5OS/c1-13-12-25(7-6-24(13)3)20(26)23-19-9-17-8-15(4-5-16(17)10-22-19)18-11-21-14(2)27-18/h4-5,8-11,13H,6-7,12H2,1-3H3,(H,22,23,26)/t13-/m1/s1. The molecule has 0 unspecified atom stereocenters. The molecule has 0 aliphatic carbocycles. The van der Waals surface area contributed by atoms with Gasteiger partial charge >= 0.3 is 6.03 Å². The van der Waals surface area contributed by atoms with Crippen molar-refractivity contribution in [1.82, 2.24) is 19.8 Å². The zero-order valence-electron chi connectivity index (χ0n) is 15.8. The van der Waals surface area contributed by atoms with Gasteiger partial charge in [0, 0.05) is 43.5 Å². The summed E-state index contributed by atoms with van der Waals surface area (Å²) in [5.74, 6) is 0.580. The minimum Gasteiger partial charge on any atom is -0.322 e. The minimum atomic E-state index is -0.0870. The molecule has 4 rings (SSSR count). The van der Waals surface area contributed by atoms with Crippen molar-refractivity contribution in [3.63, 3.8) is 0 Å². The quantitative estimate of drug-likeness (QED) is 0.733. The lowest BCUT2D eigenvalue weighted by molar-refractivity contribution is 0.125. The fourth-order valence-corrected chi connectivity index (χ4v) is 4.05. The third-order valence-corrected chi connectivity index (χ3v) is 6.07. The first-order valence-electron chi connectivity index (χ1n) is 9.08. The number of benzene rings is 1. The van der Waals surface area contributed by atoms with Crippen LogP contribution in [0.25, 0.3) is 21.2 Å². The molecule has 2 amide bonds. The molecule has 1 N–H and O–H groups in total. The maximum Gasteiger partial charge on any atom is 0.323 e. The Kier molecular flexibility index (Phi) is 4.80. The molecule has 0 spiro atoms. The van der Waals surface area contributed by atoms with Crippen LogP contribution in [0.2, 0.25) is 0 Å². The van der Waals surface area contributed by atoms with Gasteiger partial charge in [0.1, 0.15) is 5.82 Å². The van der Waals surface area contributed by atoms with Crippen molar-refractivity contribution in [1.29, 1.82) is 0 Å². The van der Waals surface area contributed by atoms with Crippen molar-refractivity contribution >= 4 is 34.0 Å². The number of nitrogens with zero attached hydrogens (tertiary/aromatic N) is 4. The van der Waals surface area contributed by atoms with Gasteiger partial charge in [0.2, 0.25) is 0 Å². The van der Waals surface area contributed by atoms with Gasteiger partial charge in [-0.2, -0.15) is 0 Å². The molecule has 2 aromatic heterocycles. The van der Waals surface area contributed by atoms with E-state index in [0.717, 1.165) is 45.9 Å². The molecule has 3 heterocycles. The average molecular weight is 382 g/mol. The summed E-state index contributed by atoms with van der Waals surface area (Å²) >= 11 is 1.68. The molecule has 7 heteroatoms. The topological polar surface area (TPSA) is 61.4 Å². The zero-order chi connectivity index (χ0) is 19.0. The Morgan fingerprint density at radius 3 is 2.78 bits per heavy atom. The molecule has 1 aliphatic rings. The highest BCUT2D eigenvalue weighted by atomic mass is 32.1. The Labute approximate surface area is 162 Å². The van der Waals surface area contributed by atoms with Crippen LogP contribution in [0.1, 0.15) is 11.9 Å². The van der Waals surface area contributed by atoms with Gasteiger partial charge in [0.25, 0.3) is 0 Å². The van der Waals surface area contributed by atoms with E-state index in [4.69, 9.17) is 0 Å². The largest absolute Gasteiger partial charge is 0.323 e. The molecule has 1 fully saturated rings. The molecule has 1 saturated heterocycles. The van der Waals surface area contributed by atoms with Gasteiger partial charge in [0.05, 0.1) is 9.88 Å². The number of fused-ring (bicyclic) bond motifs is 1. The van der Waals surface area contributed by atoms with Crippen molar-refractivity contribution in [3.8, 4) is 10.4 Å². The Hall–Kier alpha value is -2.51. The summed E-state index contributed by atoms with van der Waals surface area (Å²) in [5.41, 5.74) is 1.13. The van der Waals surface area contributed by atoms with Crippen LogP contribution in [-0.2, 0) is 0 Å². The number of hydrogen-bond acceptors (Lipinski definition) is 5. The van der Waals surface area contributed by atoms with E-state index in [1.807, 2.05) is 24.1 Å². The molecule has 140 valence electrons. The predicted octanol–water partition coefficient (Wildman–Crippen LogP) is 3.83. The van der Waals surface area contributed by atoms with Gasteiger partial charge in [-0.05, 0) is 44.0 Å². The fraction of sp³-hybridized carbons (Fsp3) is 0.350. The van der Waals surface area contributed by atoms with E-state index in [0.29, 0.717) is 11.9 Å². The van der Waals surface area contributed by atoms with E-state index in [9.17, 15) is 4.79 Å². The first-order chi connectivity index (χ1) is 13.0. The Morgan fingerprint density at radius 1 is 1.19 bits per heavy atom. The predicted molar refractivity (Wildman–Crippen MR) is 110 cm³/mol. The van der Waals surface area contributed by atoms with Gasteiger partial charge in [-0.15, -0.1) is 11.3 Å². The van der Waals surface area contributed by atoms with Crippen molar-refractivity contribution in [3.05, 3.63) is 41.7 Å². The molecule has 0 saturated carbocycles. The monoisotopic (exact) mass is 381 g/mol. The Balaban J connectivity index is 1.54. The minimum absolute atomic E-state index is 0.0870. The highest BCUT2D eigenvalue weighted by Gasteiger charge is 2.24. The van der Waals surface area contributed by atoms with Crippen LogP contribution in [0.15, 0.2) is 36.7 Å². The van der Waals surface area contributed by atoms with Crippen molar-refractivity contribution in [2.45, 2.75) is 19.9 Å². The van der Waals surface area contributed by atoms with E-state index in [2.05, 4.69) is 52.4 Å². The molecular formula is C20H23N5OS. The second-order valence-corrected chi connectivity index (χ2v) is 8.32. The van der Waals surface area contributed by atoms with Gasteiger partial charge in [0.15, 0.2) is 0 Å².